The van der Waals surface area contributed by atoms with Crippen LogP contribution in [0.15, 0.2) is 156 Å². The predicted octanol–water partition coefficient (Wildman–Crippen LogP) is 10.0. The number of hydrogen-bond donors (Lipinski definition) is 2. The molecule has 276 valence electrons. The number of rotatable bonds is 14. The Bertz CT molecular complexity index is 2290. The molecule has 0 aliphatic heterocycles. The van der Waals surface area contributed by atoms with Crippen molar-refractivity contribution in [1.82, 2.24) is 0 Å². The summed E-state index contributed by atoms with van der Waals surface area (Å²) in [7, 11) is -4.28. The number of nitrogens with one attached hydrogen (secondary N) is 1. The van der Waals surface area contributed by atoms with Gasteiger partial charge >= 0.3 is 0 Å². The van der Waals surface area contributed by atoms with Gasteiger partial charge in [0.05, 0.1) is 11.5 Å². The number of anilines is 3. The molecule has 1 aliphatic rings. The number of ether oxygens (including phenoxy) is 1. The third-order valence-electron chi connectivity index (χ3n) is 9.46. The molecule has 2 N–H and O–H groups in total. The summed E-state index contributed by atoms with van der Waals surface area (Å²) in [6.07, 6.45) is 8.85. The average Bonchev–Trinajstić information content (AvgIpc) is 3.18. The number of nitrogens with zero attached hydrogens (tertiary/aromatic N) is 2. The van der Waals surface area contributed by atoms with Crippen LogP contribution >= 0.6 is 0 Å². The monoisotopic (exact) mass is 738 g/mol. The van der Waals surface area contributed by atoms with Crippen molar-refractivity contribution in [3.63, 3.8) is 0 Å². The normalized spacial score (nSPS) is 12.5. The zero-order chi connectivity index (χ0) is 38.1. The van der Waals surface area contributed by atoms with Gasteiger partial charge in [-0.05, 0) is 134 Å². The van der Waals surface area contributed by atoms with Crippen molar-refractivity contribution in [3.05, 3.63) is 179 Å². The second-order valence-corrected chi connectivity index (χ2v) is 14.7. The summed E-state index contributed by atoms with van der Waals surface area (Å²) in [5.41, 5.74) is 11.9. The van der Waals surface area contributed by atoms with E-state index >= 15 is 0 Å². The zero-order valence-corrected chi connectivity index (χ0v) is 32.2. The Morgan fingerprint density at radius 2 is 1.35 bits per heavy atom. The first kappa shape index (κ1) is 38.0. The van der Waals surface area contributed by atoms with E-state index in [1.54, 1.807) is 6.07 Å². The van der Waals surface area contributed by atoms with Crippen molar-refractivity contribution in [3.8, 4) is 5.75 Å². The third-order valence-corrected chi connectivity index (χ3v) is 10.3. The molecule has 0 aromatic heterocycles. The predicted molar refractivity (Wildman–Crippen MR) is 222 cm³/mol. The number of allylic oxidation sites excluding steroid dienone is 5. The highest BCUT2D eigenvalue weighted by Crippen LogP contribution is 2.33. The van der Waals surface area contributed by atoms with Crippen LogP contribution in [0.1, 0.15) is 48.6 Å². The van der Waals surface area contributed by atoms with Crippen LogP contribution in [0.3, 0.4) is 0 Å². The molecule has 7 nitrogen and oxygen atoms in total. The lowest BCUT2D eigenvalue weighted by Crippen LogP contribution is -2.22. The highest BCUT2D eigenvalue weighted by Gasteiger charge is 2.17. The van der Waals surface area contributed by atoms with Gasteiger partial charge in [-0.25, -0.2) is 4.58 Å². The quantitative estimate of drug-likeness (QED) is 0.0872. The topological polar surface area (TPSA) is 81.9 Å². The van der Waals surface area contributed by atoms with E-state index in [2.05, 4.69) is 133 Å². The van der Waals surface area contributed by atoms with E-state index in [0.29, 0.717) is 19.7 Å². The molecule has 0 radical (unpaired) electrons. The molecule has 1 aliphatic carbocycles. The maximum absolute atomic E-state index is 11.8. The van der Waals surface area contributed by atoms with Crippen molar-refractivity contribution in [2.45, 2.75) is 45.7 Å². The molecular formula is C46H48N3O4S+. The largest absolute Gasteiger partial charge is 0.494 e. The Morgan fingerprint density at radius 1 is 0.741 bits per heavy atom. The lowest BCUT2D eigenvalue weighted by atomic mass is 9.90. The summed E-state index contributed by atoms with van der Waals surface area (Å²) in [4.78, 5) is 2.07. The van der Waals surface area contributed by atoms with Crippen LogP contribution in [0.4, 0.5) is 17.1 Å². The molecule has 0 atom stereocenters. The van der Waals surface area contributed by atoms with Crippen LogP contribution in [0.5, 0.6) is 5.75 Å². The highest BCUT2D eigenvalue weighted by atomic mass is 32.2. The maximum Gasteiger partial charge on any atom is 0.294 e. The molecule has 0 bridgehead atoms. The van der Waals surface area contributed by atoms with Gasteiger partial charge in [0.25, 0.3) is 10.1 Å². The minimum absolute atomic E-state index is 0.102. The minimum Gasteiger partial charge on any atom is -0.494 e. The van der Waals surface area contributed by atoms with Gasteiger partial charge in [-0.1, -0.05) is 60.2 Å². The summed E-state index contributed by atoms with van der Waals surface area (Å²) in [5.74, 6) is 0.848. The molecule has 0 saturated carbocycles. The van der Waals surface area contributed by atoms with E-state index in [-0.39, 0.29) is 4.90 Å². The minimum atomic E-state index is -4.28. The van der Waals surface area contributed by atoms with Gasteiger partial charge in [0, 0.05) is 47.9 Å². The Labute approximate surface area is 320 Å². The summed E-state index contributed by atoms with van der Waals surface area (Å²) in [6.45, 7) is 11.9. The van der Waals surface area contributed by atoms with E-state index in [4.69, 9.17) is 4.74 Å². The summed E-state index contributed by atoms with van der Waals surface area (Å²) >= 11 is 0. The lowest BCUT2D eigenvalue weighted by molar-refractivity contribution is -0.539. The fourth-order valence-corrected chi connectivity index (χ4v) is 7.24. The number of benzene rings is 5. The van der Waals surface area contributed by atoms with E-state index in [9.17, 15) is 13.0 Å². The van der Waals surface area contributed by atoms with Crippen LogP contribution in [0, 0.1) is 6.92 Å². The number of aryl methyl sites for hydroxylation is 1. The van der Waals surface area contributed by atoms with Crippen LogP contribution in [-0.2, 0) is 23.2 Å². The second kappa shape index (κ2) is 17.4. The fraction of sp³-hybridized carbons (Fsp3) is 0.196. The van der Waals surface area contributed by atoms with E-state index in [1.807, 2.05) is 37.3 Å². The Kier molecular flexibility index (Phi) is 12.3. The first-order chi connectivity index (χ1) is 26.1. The van der Waals surface area contributed by atoms with Crippen molar-refractivity contribution < 1.29 is 22.3 Å². The number of hydrogen-bond acceptors (Lipinski definition) is 5. The van der Waals surface area contributed by atoms with Gasteiger partial charge < -0.3 is 15.0 Å². The SMILES string of the molecule is CCOc1ccc(Nc2ccc(C(=C3C=CC(=[N+](CC)Cc4cccc(C)c4)C=C3)c3ccc(N(CC)Cc4cccc(S(=O)(=O)O)c4)cc3)cc2)cc1. The third kappa shape index (κ3) is 9.64. The molecule has 0 unspecified atom stereocenters. The maximum atomic E-state index is 11.8. The standard InChI is InChI=1S/C46H47N3O4S/c1-5-48(32-35-11-8-10-34(4)30-35)42-24-16-38(17-25-42)46(37-14-20-40(21-15-37)47-41-22-28-44(29-23-41)53-7-3)39-18-26-43(27-19-39)49(6-2)33-36-12-9-13-45(31-36)54(50,51)52/h8-31H,5-7,32-33H2,1-4H3,(H,50,51,52)/p+1. The molecule has 0 heterocycles. The van der Waals surface area contributed by atoms with Gasteiger partial charge in [-0.15, -0.1) is 0 Å². The summed E-state index contributed by atoms with van der Waals surface area (Å²) in [5, 5.41) is 3.50. The van der Waals surface area contributed by atoms with Gasteiger partial charge in [-0.2, -0.15) is 8.42 Å². The summed E-state index contributed by atoms with van der Waals surface area (Å²) in [6, 6.07) is 40.2. The second-order valence-electron chi connectivity index (χ2n) is 13.3. The average molecular weight is 739 g/mol. The molecule has 5 aromatic rings. The van der Waals surface area contributed by atoms with Crippen molar-refractivity contribution in [1.29, 1.82) is 0 Å². The lowest BCUT2D eigenvalue weighted by Gasteiger charge is -2.24. The molecule has 8 heteroatoms. The Hall–Kier alpha value is -5.70. The molecule has 54 heavy (non-hydrogen) atoms. The molecular weight excluding hydrogens is 691 g/mol. The molecule has 0 spiro atoms. The first-order valence-electron chi connectivity index (χ1n) is 18.4. The molecule has 0 saturated heterocycles. The van der Waals surface area contributed by atoms with E-state index in [0.717, 1.165) is 63.7 Å². The first-order valence-corrected chi connectivity index (χ1v) is 19.9. The van der Waals surface area contributed by atoms with Crippen molar-refractivity contribution >= 4 is 38.5 Å². The van der Waals surface area contributed by atoms with Gasteiger partial charge in [0.15, 0.2) is 12.3 Å². The van der Waals surface area contributed by atoms with Gasteiger partial charge in [-0.3, -0.25) is 4.55 Å². The fourth-order valence-electron chi connectivity index (χ4n) is 6.69. The zero-order valence-electron chi connectivity index (χ0n) is 31.4. The van der Waals surface area contributed by atoms with Crippen molar-refractivity contribution in [2.24, 2.45) is 0 Å². The molecule has 0 fully saturated rings. The van der Waals surface area contributed by atoms with E-state index < -0.39 is 10.1 Å². The Balaban J connectivity index is 1.31. The van der Waals surface area contributed by atoms with Gasteiger partial charge in [0.1, 0.15) is 12.3 Å². The van der Waals surface area contributed by atoms with E-state index in [1.165, 1.54) is 29.0 Å². The smallest absolute Gasteiger partial charge is 0.294 e. The van der Waals surface area contributed by atoms with Crippen LogP contribution in [0.2, 0.25) is 0 Å². The van der Waals surface area contributed by atoms with Crippen molar-refractivity contribution in [2.75, 3.05) is 29.9 Å². The molecule has 0 amide bonds. The molecule has 6 rings (SSSR count). The summed E-state index contributed by atoms with van der Waals surface area (Å²) < 4.78 is 41.1. The molecule has 5 aromatic carbocycles. The highest BCUT2D eigenvalue weighted by molar-refractivity contribution is 7.85. The van der Waals surface area contributed by atoms with Crippen LogP contribution < -0.4 is 15.0 Å². The van der Waals surface area contributed by atoms with Crippen LogP contribution in [-0.4, -0.2) is 43.0 Å². The van der Waals surface area contributed by atoms with Gasteiger partial charge in [0.2, 0.25) is 0 Å². The van der Waals surface area contributed by atoms with Crippen LogP contribution in [0.25, 0.3) is 5.57 Å². The Morgan fingerprint density at radius 3 is 1.94 bits per heavy atom.